The molecule has 2 aliphatic heterocycles. The van der Waals surface area contributed by atoms with Gasteiger partial charge in [-0.2, -0.15) is 0 Å². The van der Waals surface area contributed by atoms with Gasteiger partial charge in [-0.05, 0) is 44.5 Å². The molecule has 0 saturated carbocycles. The minimum Gasteiger partial charge on any atom is -0.465 e. The Hall–Kier alpha value is -2.76. The monoisotopic (exact) mass is 329 g/mol. The number of amides is 1. The lowest BCUT2D eigenvalue weighted by atomic mass is 10.0. The number of hydrogen-bond acceptors (Lipinski definition) is 5. The summed E-state index contributed by atoms with van der Waals surface area (Å²) in [6.07, 6.45) is 1.68. The van der Waals surface area contributed by atoms with Crippen LogP contribution in [0.1, 0.15) is 26.3 Å². The average Bonchev–Trinajstić information content (AvgIpc) is 3.09. The number of nitrogens with zero attached hydrogens (tertiary/aromatic N) is 1. The van der Waals surface area contributed by atoms with Crippen LogP contribution in [-0.4, -0.2) is 36.7 Å². The van der Waals surface area contributed by atoms with Gasteiger partial charge in [0.2, 0.25) is 6.79 Å². The summed E-state index contributed by atoms with van der Waals surface area (Å²) >= 11 is 0. The van der Waals surface area contributed by atoms with Crippen molar-refractivity contribution in [3.05, 3.63) is 40.6 Å². The molecule has 0 spiro atoms. The molecule has 24 heavy (non-hydrogen) atoms. The molecule has 0 unspecified atom stereocenters. The summed E-state index contributed by atoms with van der Waals surface area (Å²) in [6, 6.07) is 5.32. The van der Waals surface area contributed by atoms with Crippen molar-refractivity contribution in [3.8, 4) is 11.5 Å². The standard InChI is InChI=1S/C18H19NO5/c1-10(2)19-11(3)16(18(21)22-4)13(17(19)20)7-12-5-6-14-15(8-12)24-9-23-14/h5-8,10H,9H2,1-4H3. The van der Waals surface area contributed by atoms with E-state index in [1.54, 1.807) is 30.0 Å². The molecule has 0 saturated heterocycles. The number of esters is 1. The van der Waals surface area contributed by atoms with Gasteiger partial charge in [-0.25, -0.2) is 4.79 Å². The van der Waals surface area contributed by atoms with E-state index in [0.717, 1.165) is 5.56 Å². The minimum absolute atomic E-state index is 0.0557. The zero-order valence-electron chi connectivity index (χ0n) is 14.1. The number of rotatable bonds is 3. The molecule has 0 atom stereocenters. The Balaban J connectivity index is 2.07. The quantitative estimate of drug-likeness (QED) is 0.630. The highest BCUT2D eigenvalue weighted by atomic mass is 16.7. The maximum absolute atomic E-state index is 12.8. The number of fused-ring (bicyclic) bond motifs is 1. The van der Waals surface area contributed by atoms with Gasteiger partial charge in [0.15, 0.2) is 11.5 Å². The second-order valence-corrected chi connectivity index (χ2v) is 5.89. The molecular formula is C18H19NO5. The van der Waals surface area contributed by atoms with Crippen molar-refractivity contribution in [1.82, 2.24) is 4.90 Å². The molecule has 6 nitrogen and oxygen atoms in total. The van der Waals surface area contributed by atoms with Gasteiger partial charge in [-0.1, -0.05) is 6.07 Å². The highest BCUT2D eigenvalue weighted by molar-refractivity contribution is 6.16. The van der Waals surface area contributed by atoms with Crippen molar-refractivity contribution < 1.29 is 23.8 Å². The van der Waals surface area contributed by atoms with Crippen LogP contribution in [0, 0.1) is 0 Å². The number of benzene rings is 1. The Morgan fingerprint density at radius 3 is 2.67 bits per heavy atom. The molecule has 0 N–H and O–H groups in total. The summed E-state index contributed by atoms with van der Waals surface area (Å²) < 4.78 is 15.5. The molecule has 126 valence electrons. The predicted molar refractivity (Wildman–Crippen MR) is 87.2 cm³/mol. The summed E-state index contributed by atoms with van der Waals surface area (Å²) in [4.78, 5) is 26.6. The molecule has 3 rings (SSSR count). The van der Waals surface area contributed by atoms with Crippen molar-refractivity contribution in [2.45, 2.75) is 26.8 Å². The van der Waals surface area contributed by atoms with E-state index < -0.39 is 5.97 Å². The van der Waals surface area contributed by atoms with Crippen LogP contribution in [0.5, 0.6) is 11.5 Å². The number of allylic oxidation sites excluding steroid dienone is 1. The molecule has 0 aromatic heterocycles. The third kappa shape index (κ3) is 2.54. The van der Waals surface area contributed by atoms with Crippen molar-refractivity contribution >= 4 is 18.0 Å². The Kier molecular flexibility index (Phi) is 4.05. The third-order valence-electron chi connectivity index (χ3n) is 4.06. The van der Waals surface area contributed by atoms with Crippen LogP contribution >= 0.6 is 0 Å². The summed E-state index contributed by atoms with van der Waals surface area (Å²) in [5.41, 5.74) is 1.98. The van der Waals surface area contributed by atoms with Crippen LogP contribution in [-0.2, 0) is 14.3 Å². The normalized spacial score (nSPS) is 18.1. The topological polar surface area (TPSA) is 65.1 Å². The number of hydrogen-bond donors (Lipinski definition) is 0. The average molecular weight is 329 g/mol. The van der Waals surface area contributed by atoms with Crippen LogP contribution in [0.2, 0.25) is 0 Å². The summed E-state index contributed by atoms with van der Waals surface area (Å²) in [7, 11) is 1.31. The van der Waals surface area contributed by atoms with Crippen LogP contribution in [0.4, 0.5) is 0 Å². The van der Waals surface area contributed by atoms with Gasteiger partial charge >= 0.3 is 5.97 Å². The van der Waals surface area contributed by atoms with E-state index in [1.807, 2.05) is 19.9 Å². The highest BCUT2D eigenvalue weighted by Crippen LogP contribution is 2.36. The zero-order chi connectivity index (χ0) is 17.4. The SMILES string of the molecule is COC(=O)C1=C(C)N(C(C)C)C(=O)C1=Cc1ccc2c(c1)OCO2. The Morgan fingerprint density at radius 2 is 2.00 bits per heavy atom. The fourth-order valence-electron chi connectivity index (χ4n) is 2.99. The first-order chi connectivity index (χ1) is 11.4. The lowest BCUT2D eigenvalue weighted by Gasteiger charge is -2.22. The Labute approximate surface area is 140 Å². The number of methoxy groups -OCH3 is 1. The lowest BCUT2D eigenvalue weighted by Crippen LogP contribution is -2.31. The first-order valence-corrected chi connectivity index (χ1v) is 7.68. The second-order valence-electron chi connectivity index (χ2n) is 5.89. The van der Waals surface area contributed by atoms with Crippen molar-refractivity contribution in [3.63, 3.8) is 0 Å². The van der Waals surface area contributed by atoms with Crippen LogP contribution in [0.25, 0.3) is 6.08 Å². The third-order valence-corrected chi connectivity index (χ3v) is 4.06. The van der Waals surface area contributed by atoms with E-state index in [9.17, 15) is 9.59 Å². The molecule has 2 aliphatic rings. The molecule has 6 heteroatoms. The minimum atomic E-state index is -0.518. The Morgan fingerprint density at radius 1 is 1.29 bits per heavy atom. The van der Waals surface area contributed by atoms with E-state index in [0.29, 0.717) is 28.3 Å². The van der Waals surface area contributed by atoms with Crippen molar-refractivity contribution in [2.24, 2.45) is 0 Å². The largest absolute Gasteiger partial charge is 0.465 e. The van der Waals surface area contributed by atoms with Gasteiger partial charge in [0.1, 0.15) is 0 Å². The molecule has 0 bridgehead atoms. The maximum atomic E-state index is 12.8. The predicted octanol–water partition coefficient (Wildman–Crippen LogP) is 2.50. The second kappa shape index (κ2) is 6.03. The highest BCUT2D eigenvalue weighted by Gasteiger charge is 2.38. The smallest absolute Gasteiger partial charge is 0.340 e. The molecule has 1 aromatic rings. The van der Waals surface area contributed by atoms with E-state index in [4.69, 9.17) is 14.2 Å². The molecule has 0 radical (unpaired) electrons. The fourth-order valence-corrected chi connectivity index (χ4v) is 2.99. The molecule has 0 aliphatic carbocycles. The van der Waals surface area contributed by atoms with E-state index >= 15 is 0 Å². The summed E-state index contributed by atoms with van der Waals surface area (Å²) in [5, 5.41) is 0. The van der Waals surface area contributed by atoms with Gasteiger partial charge in [0.25, 0.3) is 5.91 Å². The van der Waals surface area contributed by atoms with Crippen LogP contribution in [0.3, 0.4) is 0 Å². The van der Waals surface area contributed by atoms with Crippen LogP contribution in [0.15, 0.2) is 35.0 Å². The molecule has 1 aromatic carbocycles. The number of ether oxygens (including phenoxy) is 3. The summed E-state index contributed by atoms with van der Waals surface area (Å²) in [6.45, 7) is 5.74. The van der Waals surface area contributed by atoms with Gasteiger partial charge in [0, 0.05) is 11.7 Å². The number of carbonyl (C=O) groups is 2. The Bertz CT molecular complexity index is 776. The van der Waals surface area contributed by atoms with Gasteiger partial charge in [-0.15, -0.1) is 0 Å². The fraction of sp³-hybridized carbons (Fsp3) is 0.333. The molecule has 0 fully saturated rings. The van der Waals surface area contributed by atoms with Gasteiger partial charge < -0.3 is 19.1 Å². The zero-order valence-corrected chi connectivity index (χ0v) is 14.1. The lowest BCUT2D eigenvalue weighted by molar-refractivity contribution is -0.136. The van der Waals surface area contributed by atoms with E-state index in [2.05, 4.69) is 0 Å². The summed E-state index contributed by atoms with van der Waals surface area (Å²) in [5.74, 6) is 0.561. The van der Waals surface area contributed by atoms with Crippen LogP contribution < -0.4 is 9.47 Å². The maximum Gasteiger partial charge on any atom is 0.340 e. The van der Waals surface area contributed by atoms with Crippen molar-refractivity contribution in [1.29, 1.82) is 0 Å². The van der Waals surface area contributed by atoms with E-state index in [-0.39, 0.29) is 18.7 Å². The molecule has 1 amide bonds. The first-order valence-electron chi connectivity index (χ1n) is 7.68. The van der Waals surface area contributed by atoms with Gasteiger partial charge in [0.05, 0.1) is 18.3 Å². The van der Waals surface area contributed by atoms with Gasteiger partial charge in [-0.3, -0.25) is 4.79 Å². The first kappa shape index (κ1) is 16.1. The van der Waals surface area contributed by atoms with Crippen molar-refractivity contribution in [2.75, 3.05) is 13.9 Å². The molecule has 2 heterocycles. The molecular weight excluding hydrogens is 310 g/mol. The van der Waals surface area contributed by atoms with E-state index in [1.165, 1.54) is 7.11 Å². The number of carbonyl (C=O) groups excluding carboxylic acids is 2.